The van der Waals surface area contributed by atoms with Crippen molar-refractivity contribution in [2.45, 2.75) is 44.9 Å². The van der Waals surface area contributed by atoms with Crippen LogP contribution >= 0.6 is 11.3 Å². The predicted molar refractivity (Wildman–Crippen MR) is 113 cm³/mol. The summed E-state index contributed by atoms with van der Waals surface area (Å²) in [6, 6.07) is 0. The normalized spacial score (nSPS) is 17.0. The third-order valence-electron chi connectivity index (χ3n) is 5.07. The molecular formula is C20H31N5O2S. The first-order chi connectivity index (χ1) is 13.6. The smallest absolute Gasteiger partial charge is 0.220 e. The Morgan fingerprint density at radius 2 is 2.11 bits per heavy atom. The molecule has 28 heavy (non-hydrogen) atoms. The highest BCUT2D eigenvalue weighted by molar-refractivity contribution is 7.15. The fraction of sp³-hybridized carbons (Fsp3) is 0.650. The number of rotatable bonds is 4. The molecule has 0 unspecified atom stereocenters. The van der Waals surface area contributed by atoms with E-state index in [0.29, 0.717) is 18.3 Å². The van der Waals surface area contributed by atoms with E-state index < -0.39 is 0 Å². The monoisotopic (exact) mass is 405 g/mol. The van der Waals surface area contributed by atoms with Crippen LogP contribution in [0.5, 0.6) is 5.75 Å². The van der Waals surface area contributed by atoms with E-state index in [0.717, 1.165) is 42.4 Å². The number of methoxy groups -OCH3 is 1. The van der Waals surface area contributed by atoms with Crippen molar-refractivity contribution in [2.24, 2.45) is 0 Å². The van der Waals surface area contributed by atoms with Gasteiger partial charge in [0.1, 0.15) is 5.69 Å². The van der Waals surface area contributed by atoms with Gasteiger partial charge in [0, 0.05) is 26.1 Å². The molecule has 2 aliphatic heterocycles. The average molecular weight is 406 g/mol. The van der Waals surface area contributed by atoms with Crippen LogP contribution < -0.4 is 10.5 Å². The van der Waals surface area contributed by atoms with Crippen LogP contribution in [0.3, 0.4) is 0 Å². The van der Waals surface area contributed by atoms with Crippen LogP contribution in [0.1, 0.15) is 49.2 Å². The van der Waals surface area contributed by atoms with E-state index in [-0.39, 0.29) is 5.95 Å². The SMILES string of the molecule is CCCCOC.CN1CCC(c2nc3c(s2)-c2nc(N)ncc2OCC3)CC1. The maximum atomic E-state index is 5.76. The number of anilines is 1. The first-order valence-electron chi connectivity index (χ1n) is 10.0. The Hall–Kier alpha value is -1.77. The van der Waals surface area contributed by atoms with Crippen molar-refractivity contribution >= 4 is 17.3 Å². The third-order valence-corrected chi connectivity index (χ3v) is 6.34. The van der Waals surface area contributed by atoms with Crippen molar-refractivity contribution in [3.63, 3.8) is 0 Å². The number of nitrogens with zero attached hydrogens (tertiary/aromatic N) is 4. The molecule has 154 valence electrons. The van der Waals surface area contributed by atoms with Crippen molar-refractivity contribution in [2.75, 3.05) is 46.2 Å². The summed E-state index contributed by atoms with van der Waals surface area (Å²) in [6.45, 7) is 5.97. The Morgan fingerprint density at radius 3 is 2.79 bits per heavy atom. The zero-order valence-electron chi connectivity index (χ0n) is 17.1. The zero-order valence-corrected chi connectivity index (χ0v) is 17.9. The Morgan fingerprint density at radius 1 is 1.32 bits per heavy atom. The number of likely N-dealkylation sites (tertiary alicyclic amines) is 1. The summed E-state index contributed by atoms with van der Waals surface area (Å²) < 4.78 is 10.5. The molecule has 2 aliphatic rings. The van der Waals surface area contributed by atoms with Crippen LogP contribution in [0.4, 0.5) is 5.95 Å². The van der Waals surface area contributed by atoms with Gasteiger partial charge in [-0.15, -0.1) is 11.3 Å². The van der Waals surface area contributed by atoms with Gasteiger partial charge in [0.2, 0.25) is 5.95 Å². The van der Waals surface area contributed by atoms with Gasteiger partial charge in [0.15, 0.2) is 5.75 Å². The molecule has 1 fully saturated rings. The Labute approximate surface area is 171 Å². The highest BCUT2D eigenvalue weighted by Gasteiger charge is 2.27. The number of hydrogen-bond donors (Lipinski definition) is 1. The molecule has 7 nitrogen and oxygen atoms in total. The van der Waals surface area contributed by atoms with Gasteiger partial charge in [0.25, 0.3) is 0 Å². The number of fused-ring (bicyclic) bond motifs is 3. The molecular weight excluding hydrogens is 374 g/mol. The van der Waals surface area contributed by atoms with Crippen LogP contribution in [0, 0.1) is 0 Å². The summed E-state index contributed by atoms with van der Waals surface area (Å²) in [7, 11) is 3.91. The molecule has 8 heteroatoms. The summed E-state index contributed by atoms with van der Waals surface area (Å²) >= 11 is 1.75. The minimum atomic E-state index is 0.282. The first-order valence-corrected chi connectivity index (χ1v) is 10.9. The lowest BCUT2D eigenvalue weighted by atomic mass is 9.98. The second-order valence-corrected chi connectivity index (χ2v) is 8.32. The van der Waals surface area contributed by atoms with Crippen molar-refractivity contribution in [1.29, 1.82) is 0 Å². The van der Waals surface area contributed by atoms with Gasteiger partial charge in [-0.25, -0.2) is 15.0 Å². The number of aromatic nitrogens is 3. The predicted octanol–water partition coefficient (Wildman–Crippen LogP) is 3.36. The van der Waals surface area contributed by atoms with Gasteiger partial charge in [-0.3, -0.25) is 0 Å². The summed E-state index contributed by atoms with van der Waals surface area (Å²) in [5, 5.41) is 1.24. The maximum Gasteiger partial charge on any atom is 0.220 e. The molecule has 4 rings (SSSR count). The van der Waals surface area contributed by atoms with Crippen LogP contribution in [-0.4, -0.2) is 60.3 Å². The van der Waals surface area contributed by atoms with Crippen molar-refractivity contribution in [3.8, 4) is 16.3 Å². The number of piperidine rings is 1. The number of thiazole rings is 1. The number of hydrogen-bond acceptors (Lipinski definition) is 8. The summed E-state index contributed by atoms with van der Waals surface area (Å²) in [6.07, 6.45) is 7.26. The topological polar surface area (TPSA) is 86.4 Å². The highest BCUT2D eigenvalue weighted by Crippen LogP contribution is 2.41. The molecule has 0 saturated carbocycles. The third kappa shape index (κ3) is 5.18. The standard InChI is InChI=1S/C15H19N5OS.C5H12O/c1-20-5-2-9(3-6-20)14-18-10-4-7-21-11-8-17-15(16)19-12(11)13(10)22-14;1-3-4-5-6-2/h8-9H,2-7H2,1H3,(H2,16,17,19);3-5H2,1-2H3. The molecule has 1 saturated heterocycles. The van der Waals surface area contributed by atoms with Gasteiger partial charge in [-0.1, -0.05) is 13.3 Å². The summed E-state index contributed by atoms with van der Waals surface area (Å²) in [4.78, 5) is 16.8. The van der Waals surface area contributed by atoms with E-state index in [2.05, 4.69) is 28.8 Å². The zero-order chi connectivity index (χ0) is 19.9. The Bertz CT molecular complexity index is 755. The minimum absolute atomic E-state index is 0.282. The molecule has 0 aliphatic carbocycles. The van der Waals surface area contributed by atoms with Gasteiger partial charge in [-0.2, -0.15) is 0 Å². The van der Waals surface area contributed by atoms with Crippen molar-refractivity contribution in [3.05, 3.63) is 16.9 Å². The van der Waals surface area contributed by atoms with Gasteiger partial charge in [-0.05, 0) is 39.4 Å². The second kappa shape index (κ2) is 10.1. The number of nitrogens with two attached hydrogens (primary N) is 1. The molecule has 2 aromatic rings. The highest BCUT2D eigenvalue weighted by atomic mass is 32.1. The van der Waals surface area contributed by atoms with E-state index in [1.807, 2.05) is 0 Å². The average Bonchev–Trinajstić information content (AvgIpc) is 3.05. The molecule has 0 radical (unpaired) electrons. The largest absolute Gasteiger partial charge is 0.489 e. The minimum Gasteiger partial charge on any atom is -0.489 e. The summed E-state index contributed by atoms with van der Waals surface area (Å²) in [5.74, 6) is 1.56. The lowest BCUT2D eigenvalue weighted by Crippen LogP contribution is -2.29. The van der Waals surface area contributed by atoms with Crippen molar-refractivity contribution in [1.82, 2.24) is 19.9 Å². The molecule has 0 amide bonds. The Balaban J connectivity index is 0.000000330. The molecule has 0 spiro atoms. The van der Waals surface area contributed by atoms with E-state index in [4.69, 9.17) is 20.2 Å². The van der Waals surface area contributed by atoms with Crippen LogP contribution in [0.2, 0.25) is 0 Å². The molecule has 4 heterocycles. The first kappa shape index (κ1) is 21.0. The second-order valence-electron chi connectivity index (χ2n) is 7.29. The van der Waals surface area contributed by atoms with Crippen LogP contribution in [-0.2, 0) is 11.2 Å². The lowest BCUT2D eigenvalue weighted by Gasteiger charge is -2.27. The number of ether oxygens (including phenoxy) is 2. The molecule has 2 aromatic heterocycles. The molecule has 0 atom stereocenters. The fourth-order valence-corrected chi connectivity index (χ4v) is 4.63. The van der Waals surface area contributed by atoms with Gasteiger partial charge in [0.05, 0.1) is 28.4 Å². The number of unbranched alkanes of at least 4 members (excludes halogenated alkanes) is 1. The Kier molecular flexibility index (Phi) is 7.58. The molecule has 0 aromatic carbocycles. The van der Waals surface area contributed by atoms with E-state index >= 15 is 0 Å². The maximum absolute atomic E-state index is 5.76. The molecule has 0 bridgehead atoms. The van der Waals surface area contributed by atoms with Gasteiger partial charge < -0.3 is 20.1 Å². The summed E-state index contributed by atoms with van der Waals surface area (Å²) in [5.41, 5.74) is 7.65. The fourth-order valence-electron chi connectivity index (χ4n) is 3.35. The van der Waals surface area contributed by atoms with Crippen molar-refractivity contribution < 1.29 is 9.47 Å². The van der Waals surface area contributed by atoms with E-state index in [1.54, 1.807) is 24.6 Å². The van der Waals surface area contributed by atoms with E-state index in [9.17, 15) is 0 Å². The number of nitrogen functional groups attached to an aromatic ring is 1. The van der Waals surface area contributed by atoms with Gasteiger partial charge >= 0.3 is 0 Å². The van der Waals surface area contributed by atoms with E-state index in [1.165, 1.54) is 30.7 Å². The quantitative estimate of drug-likeness (QED) is 0.781. The molecule has 2 N–H and O–H groups in total. The lowest BCUT2D eigenvalue weighted by molar-refractivity contribution is 0.194. The van der Waals surface area contributed by atoms with Crippen LogP contribution in [0.15, 0.2) is 6.20 Å². The van der Waals surface area contributed by atoms with Crippen LogP contribution in [0.25, 0.3) is 10.6 Å².